The van der Waals surface area contributed by atoms with Crippen molar-refractivity contribution >= 4 is 5.96 Å². The number of ether oxygens (including phenoxy) is 2. The normalized spacial score (nSPS) is 14.6. The van der Waals surface area contributed by atoms with E-state index < -0.39 is 0 Å². The van der Waals surface area contributed by atoms with E-state index in [9.17, 15) is 0 Å². The van der Waals surface area contributed by atoms with Crippen molar-refractivity contribution in [1.82, 2.24) is 15.6 Å². The Morgan fingerprint density at radius 2 is 2.16 bits per heavy atom. The lowest BCUT2D eigenvalue weighted by Gasteiger charge is -2.12. The first kappa shape index (κ1) is 19.5. The topological polar surface area (TPSA) is 67.8 Å². The number of pyridine rings is 1. The fraction of sp³-hybridized carbons (Fsp3) is 0.684. The molecule has 2 rings (SSSR count). The summed E-state index contributed by atoms with van der Waals surface area (Å²) in [6.45, 7) is 10.1. The molecule has 140 valence electrons. The summed E-state index contributed by atoms with van der Waals surface area (Å²) < 4.78 is 11.2. The third-order valence-corrected chi connectivity index (χ3v) is 3.73. The fourth-order valence-corrected chi connectivity index (χ4v) is 2.24. The van der Waals surface area contributed by atoms with Gasteiger partial charge in [0.2, 0.25) is 5.88 Å². The maximum absolute atomic E-state index is 5.65. The maximum atomic E-state index is 5.65. The van der Waals surface area contributed by atoms with Crippen molar-refractivity contribution in [3.05, 3.63) is 23.9 Å². The molecule has 1 aromatic heterocycles. The Labute approximate surface area is 151 Å². The summed E-state index contributed by atoms with van der Waals surface area (Å²) in [7, 11) is 0. The third-order valence-electron chi connectivity index (χ3n) is 3.73. The zero-order valence-electron chi connectivity index (χ0n) is 15.8. The van der Waals surface area contributed by atoms with Crippen molar-refractivity contribution in [2.75, 3.05) is 26.3 Å². The van der Waals surface area contributed by atoms with Gasteiger partial charge >= 0.3 is 0 Å². The number of rotatable bonds is 11. The molecule has 1 aromatic rings. The molecular weight excluding hydrogens is 316 g/mol. The van der Waals surface area contributed by atoms with E-state index in [0.717, 1.165) is 50.2 Å². The fourth-order valence-electron chi connectivity index (χ4n) is 2.24. The second kappa shape index (κ2) is 10.9. The van der Waals surface area contributed by atoms with E-state index in [0.29, 0.717) is 12.4 Å². The Kier molecular flexibility index (Phi) is 8.52. The Bertz CT molecular complexity index is 513. The maximum Gasteiger partial charge on any atom is 0.213 e. The van der Waals surface area contributed by atoms with Crippen LogP contribution in [0.25, 0.3) is 0 Å². The van der Waals surface area contributed by atoms with Crippen molar-refractivity contribution in [3.63, 3.8) is 0 Å². The van der Waals surface area contributed by atoms with Gasteiger partial charge in [-0.3, -0.25) is 0 Å². The van der Waals surface area contributed by atoms with Gasteiger partial charge in [-0.15, -0.1) is 0 Å². The molecule has 25 heavy (non-hydrogen) atoms. The van der Waals surface area contributed by atoms with Crippen LogP contribution in [0.2, 0.25) is 0 Å². The lowest BCUT2D eigenvalue weighted by Crippen LogP contribution is -2.38. The quantitative estimate of drug-likeness (QED) is 0.366. The molecule has 6 nitrogen and oxygen atoms in total. The summed E-state index contributed by atoms with van der Waals surface area (Å²) in [6, 6.07) is 3.89. The summed E-state index contributed by atoms with van der Waals surface area (Å²) >= 11 is 0. The van der Waals surface area contributed by atoms with Gasteiger partial charge in [-0.25, -0.2) is 9.98 Å². The highest BCUT2D eigenvalue weighted by atomic mass is 16.5. The van der Waals surface area contributed by atoms with Crippen LogP contribution in [0, 0.1) is 5.92 Å². The highest BCUT2D eigenvalue weighted by molar-refractivity contribution is 5.79. The van der Waals surface area contributed by atoms with Crippen molar-refractivity contribution < 1.29 is 9.47 Å². The predicted octanol–water partition coefficient (Wildman–Crippen LogP) is 2.74. The lowest BCUT2D eigenvalue weighted by atomic mass is 10.3. The molecule has 0 aliphatic heterocycles. The van der Waals surface area contributed by atoms with Crippen LogP contribution in [-0.4, -0.2) is 43.4 Å². The van der Waals surface area contributed by atoms with Gasteiger partial charge in [0, 0.05) is 38.6 Å². The summed E-state index contributed by atoms with van der Waals surface area (Å²) in [5.41, 5.74) is 1.06. The van der Waals surface area contributed by atoms with Crippen molar-refractivity contribution in [2.24, 2.45) is 10.9 Å². The highest BCUT2D eigenvalue weighted by Gasteiger charge is 2.20. The molecular formula is C19H32N4O2. The summed E-state index contributed by atoms with van der Waals surface area (Å²) in [6.07, 6.45) is 5.62. The lowest BCUT2D eigenvalue weighted by molar-refractivity contribution is 0.123. The average molecular weight is 348 g/mol. The smallest absolute Gasteiger partial charge is 0.213 e. The molecule has 6 heteroatoms. The molecule has 0 atom stereocenters. The first-order chi connectivity index (χ1) is 12.2. The van der Waals surface area contributed by atoms with Crippen LogP contribution >= 0.6 is 0 Å². The van der Waals surface area contributed by atoms with Gasteiger partial charge in [0.25, 0.3) is 0 Å². The molecule has 0 spiro atoms. The van der Waals surface area contributed by atoms with Crippen molar-refractivity contribution in [1.29, 1.82) is 0 Å². The molecule has 2 N–H and O–H groups in total. The van der Waals surface area contributed by atoms with Gasteiger partial charge in [-0.1, -0.05) is 6.07 Å². The molecule has 1 fully saturated rings. The second-order valence-corrected chi connectivity index (χ2v) is 6.67. The van der Waals surface area contributed by atoms with Gasteiger partial charge < -0.3 is 20.1 Å². The molecule has 0 amide bonds. The van der Waals surface area contributed by atoms with E-state index in [1.807, 2.05) is 32.2 Å². The summed E-state index contributed by atoms with van der Waals surface area (Å²) in [5, 5.41) is 6.61. The van der Waals surface area contributed by atoms with Crippen LogP contribution in [0.3, 0.4) is 0 Å². The minimum Gasteiger partial charge on any atom is -0.475 e. The van der Waals surface area contributed by atoms with Crippen LogP contribution in [0.4, 0.5) is 0 Å². The predicted molar refractivity (Wildman–Crippen MR) is 101 cm³/mol. The van der Waals surface area contributed by atoms with Crippen LogP contribution in [0.5, 0.6) is 5.88 Å². The molecule has 0 unspecified atom stereocenters. The zero-order valence-corrected chi connectivity index (χ0v) is 15.8. The van der Waals surface area contributed by atoms with E-state index in [1.165, 1.54) is 12.8 Å². The Hall–Kier alpha value is -1.82. The molecule has 0 aromatic carbocycles. The van der Waals surface area contributed by atoms with Crippen LogP contribution in [0.15, 0.2) is 23.3 Å². The molecule has 0 saturated heterocycles. The number of guanidine groups is 1. The first-order valence-corrected chi connectivity index (χ1v) is 9.39. The minimum atomic E-state index is 0.134. The molecule has 1 aliphatic carbocycles. The van der Waals surface area contributed by atoms with E-state index in [2.05, 4.69) is 27.5 Å². The Morgan fingerprint density at radius 3 is 2.80 bits per heavy atom. The van der Waals surface area contributed by atoms with Crippen molar-refractivity contribution in [2.45, 2.75) is 52.7 Å². The molecule has 1 heterocycles. The first-order valence-electron chi connectivity index (χ1n) is 9.39. The van der Waals surface area contributed by atoms with Gasteiger partial charge in [0.1, 0.15) is 0 Å². The third kappa shape index (κ3) is 8.72. The van der Waals surface area contributed by atoms with Crippen molar-refractivity contribution in [3.8, 4) is 5.88 Å². The van der Waals surface area contributed by atoms with E-state index in [1.54, 1.807) is 0 Å². The molecule has 0 bridgehead atoms. The average Bonchev–Trinajstić information content (AvgIpc) is 3.40. The largest absolute Gasteiger partial charge is 0.475 e. The van der Waals surface area contributed by atoms with Crippen LogP contribution in [0.1, 0.15) is 45.6 Å². The Morgan fingerprint density at radius 1 is 1.32 bits per heavy atom. The molecule has 1 saturated carbocycles. The number of hydrogen-bond donors (Lipinski definition) is 2. The Balaban J connectivity index is 1.69. The second-order valence-electron chi connectivity index (χ2n) is 6.67. The van der Waals surface area contributed by atoms with Gasteiger partial charge in [-0.05, 0) is 51.5 Å². The van der Waals surface area contributed by atoms with Crippen LogP contribution < -0.4 is 15.4 Å². The monoisotopic (exact) mass is 348 g/mol. The highest BCUT2D eigenvalue weighted by Crippen LogP contribution is 2.28. The van der Waals surface area contributed by atoms with Gasteiger partial charge in [0.05, 0.1) is 12.6 Å². The molecule has 1 aliphatic rings. The van der Waals surface area contributed by atoms with Crippen LogP contribution in [-0.2, 0) is 11.3 Å². The summed E-state index contributed by atoms with van der Waals surface area (Å²) in [4.78, 5) is 8.91. The zero-order chi connectivity index (χ0) is 17.9. The van der Waals surface area contributed by atoms with Gasteiger partial charge in [0.15, 0.2) is 5.96 Å². The SMILES string of the molecule is CCNC(=NCc1ccc(OC(C)C)nc1)NCCCOCC1CC1. The minimum absolute atomic E-state index is 0.134. The van der Waals surface area contributed by atoms with E-state index in [4.69, 9.17) is 9.47 Å². The van der Waals surface area contributed by atoms with E-state index in [-0.39, 0.29) is 6.10 Å². The number of hydrogen-bond acceptors (Lipinski definition) is 4. The van der Waals surface area contributed by atoms with Gasteiger partial charge in [-0.2, -0.15) is 0 Å². The number of aliphatic imine (C=N–C) groups is 1. The summed E-state index contributed by atoms with van der Waals surface area (Å²) in [5.74, 6) is 2.31. The number of nitrogens with one attached hydrogen (secondary N) is 2. The molecule has 0 radical (unpaired) electrons. The standard InChI is InChI=1S/C19H32N4O2/c1-4-20-19(21-10-5-11-24-14-16-6-7-16)23-13-17-8-9-18(22-12-17)25-15(2)3/h8-9,12,15-16H,4-7,10-11,13-14H2,1-3H3,(H2,20,21,23). The number of aromatic nitrogens is 1. The number of nitrogens with zero attached hydrogens (tertiary/aromatic N) is 2. The van der Waals surface area contributed by atoms with E-state index >= 15 is 0 Å².